The molecule has 5 nitrogen and oxygen atoms in total. The zero-order chi connectivity index (χ0) is 22.1. The lowest BCUT2D eigenvalue weighted by molar-refractivity contribution is 0.101. The van der Waals surface area contributed by atoms with E-state index in [0.717, 1.165) is 28.2 Å². The van der Waals surface area contributed by atoms with Crippen molar-refractivity contribution < 1.29 is 23.7 Å². The summed E-state index contributed by atoms with van der Waals surface area (Å²) in [6.07, 6.45) is 3.60. The Hall–Kier alpha value is -3.99. The van der Waals surface area contributed by atoms with E-state index in [1.54, 1.807) is 31.4 Å². The number of rotatable bonds is 5. The zero-order valence-corrected chi connectivity index (χ0v) is 17.8. The van der Waals surface area contributed by atoms with E-state index >= 15 is 0 Å². The van der Waals surface area contributed by atoms with Crippen LogP contribution in [-0.2, 0) is 6.61 Å². The van der Waals surface area contributed by atoms with Gasteiger partial charge in [-0.25, -0.2) is 0 Å². The number of para-hydroxylation sites is 2. The highest BCUT2D eigenvalue weighted by molar-refractivity contribution is 6.12. The van der Waals surface area contributed by atoms with E-state index in [0.29, 0.717) is 23.7 Å². The number of hydrogen-bond acceptors (Lipinski definition) is 5. The normalized spacial score (nSPS) is 17.7. The first-order valence-corrected chi connectivity index (χ1v) is 10.4. The van der Waals surface area contributed by atoms with E-state index in [1.807, 2.05) is 61.5 Å². The molecular weight excluding hydrogens is 404 g/mol. The number of Topliss-reactive ketones (excluding diaryl/α,β-unsaturated/α-hetero) is 1. The fourth-order valence-electron chi connectivity index (χ4n) is 3.81. The number of fused-ring (bicyclic) bond motifs is 2. The number of allylic oxidation sites excluding steroid dienone is 1. The first-order valence-electron chi connectivity index (χ1n) is 10.4. The molecule has 2 heterocycles. The highest BCUT2D eigenvalue weighted by Gasteiger charge is 2.29. The van der Waals surface area contributed by atoms with Gasteiger partial charge in [-0.15, -0.1) is 0 Å². The lowest BCUT2D eigenvalue weighted by atomic mass is 10.0. The van der Waals surface area contributed by atoms with Crippen LogP contribution in [0.5, 0.6) is 23.0 Å². The molecule has 3 aromatic rings. The van der Waals surface area contributed by atoms with Crippen LogP contribution in [0.2, 0.25) is 0 Å². The van der Waals surface area contributed by atoms with E-state index in [1.165, 1.54) is 0 Å². The minimum Gasteiger partial charge on any atom is -0.496 e. The van der Waals surface area contributed by atoms with Gasteiger partial charge in [0, 0.05) is 17.2 Å². The molecule has 2 aliphatic heterocycles. The van der Waals surface area contributed by atoms with Crippen LogP contribution in [0.3, 0.4) is 0 Å². The van der Waals surface area contributed by atoms with Gasteiger partial charge in [0.05, 0.1) is 12.7 Å². The minimum atomic E-state index is -0.183. The third-order valence-electron chi connectivity index (χ3n) is 5.54. The molecule has 0 saturated carbocycles. The van der Waals surface area contributed by atoms with Crippen LogP contribution in [0.25, 0.3) is 6.08 Å². The lowest BCUT2D eigenvalue weighted by Crippen LogP contribution is -2.18. The molecule has 2 aliphatic rings. The molecule has 0 aromatic heterocycles. The first kappa shape index (κ1) is 19.9. The van der Waals surface area contributed by atoms with Gasteiger partial charge in [0.25, 0.3) is 0 Å². The van der Waals surface area contributed by atoms with Crippen molar-refractivity contribution in [3.05, 3.63) is 101 Å². The smallest absolute Gasteiger partial charge is 0.231 e. The van der Waals surface area contributed by atoms with Gasteiger partial charge in [0.1, 0.15) is 35.7 Å². The van der Waals surface area contributed by atoms with E-state index in [2.05, 4.69) is 0 Å². The second-order valence-corrected chi connectivity index (χ2v) is 7.64. The fourth-order valence-corrected chi connectivity index (χ4v) is 3.81. The summed E-state index contributed by atoms with van der Waals surface area (Å²) in [6, 6.07) is 20.8. The summed E-state index contributed by atoms with van der Waals surface area (Å²) >= 11 is 0. The van der Waals surface area contributed by atoms with Gasteiger partial charge in [-0.05, 0) is 48.9 Å². The van der Waals surface area contributed by atoms with Crippen molar-refractivity contribution in [1.82, 2.24) is 0 Å². The summed E-state index contributed by atoms with van der Waals surface area (Å²) in [5.74, 6) is 2.84. The summed E-state index contributed by atoms with van der Waals surface area (Å²) in [6.45, 7) is 2.30. The van der Waals surface area contributed by atoms with Crippen molar-refractivity contribution in [3.8, 4) is 23.0 Å². The molecule has 0 radical (unpaired) electrons. The van der Waals surface area contributed by atoms with Gasteiger partial charge in [0.2, 0.25) is 5.78 Å². The molecule has 160 valence electrons. The molecule has 32 heavy (non-hydrogen) atoms. The van der Waals surface area contributed by atoms with E-state index in [9.17, 15) is 4.79 Å². The number of ketones is 1. The van der Waals surface area contributed by atoms with Crippen LogP contribution in [0.15, 0.2) is 84.1 Å². The van der Waals surface area contributed by atoms with Gasteiger partial charge in [-0.2, -0.15) is 0 Å². The zero-order valence-electron chi connectivity index (χ0n) is 17.8. The van der Waals surface area contributed by atoms with Crippen LogP contribution >= 0.6 is 0 Å². The van der Waals surface area contributed by atoms with E-state index in [4.69, 9.17) is 18.9 Å². The number of hydrogen-bond donors (Lipinski definition) is 0. The monoisotopic (exact) mass is 426 g/mol. The minimum absolute atomic E-state index is 0.150. The van der Waals surface area contributed by atoms with Gasteiger partial charge >= 0.3 is 0 Å². The van der Waals surface area contributed by atoms with Crippen LogP contribution in [0, 0.1) is 0 Å². The highest BCUT2D eigenvalue weighted by atomic mass is 16.5. The van der Waals surface area contributed by atoms with Gasteiger partial charge < -0.3 is 18.9 Å². The Morgan fingerprint density at radius 3 is 2.69 bits per heavy atom. The molecular formula is C27H22O5. The van der Waals surface area contributed by atoms with Crippen molar-refractivity contribution in [3.63, 3.8) is 0 Å². The lowest BCUT2D eigenvalue weighted by Gasteiger charge is -2.22. The number of carbonyl (C=O) groups is 1. The second-order valence-electron chi connectivity index (χ2n) is 7.64. The molecule has 3 aromatic carbocycles. The molecule has 0 unspecified atom stereocenters. The van der Waals surface area contributed by atoms with E-state index < -0.39 is 0 Å². The van der Waals surface area contributed by atoms with Crippen molar-refractivity contribution in [1.29, 1.82) is 0 Å². The predicted molar refractivity (Wildman–Crippen MR) is 121 cm³/mol. The van der Waals surface area contributed by atoms with Gasteiger partial charge in [-0.3, -0.25) is 4.79 Å². The Kier molecular flexibility index (Phi) is 5.15. The maximum atomic E-state index is 12.9. The first-order chi connectivity index (χ1) is 15.6. The van der Waals surface area contributed by atoms with Gasteiger partial charge in [-0.1, -0.05) is 36.4 Å². The third kappa shape index (κ3) is 3.73. The molecule has 1 atom stereocenters. The largest absolute Gasteiger partial charge is 0.496 e. The number of benzene rings is 3. The molecule has 0 spiro atoms. The Balaban J connectivity index is 1.35. The van der Waals surface area contributed by atoms with Gasteiger partial charge in [0.15, 0.2) is 5.76 Å². The van der Waals surface area contributed by atoms with Crippen molar-refractivity contribution in [2.45, 2.75) is 19.6 Å². The standard InChI is InChI=1S/C27H22O5/c1-17-20(13-18-7-3-6-10-24(18)31-17)14-26-27(28)22-12-11-21(15-25(22)32-26)30-16-19-8-4-5-9-23(19)29-2/h3-15,17H,16H2,1-2H3/b26-14-/t17-/m0/s1. The van der Waals surface area contributed by atoms with Crippen molar-refractivity contribution in [2.24, 2.45) is 0 Å². The van der Waals surface area contributed by atoms with Crippen molar-refractivity contribution >= 4 is 11.9 Å². The molecule has 5 heteroatoms. The highest BCUT2D eigenvalue weighted by Crippen LogP contribution is 2.36. The van der Waals surface area contributed by atoms with Crippen LogP contribution in [-0.4, -0.2) is 19.0 Å². The molecule has 0 aliphatic carbocycles. The SMILES string of the molecule is COc1ccccc1COc1ccc2c(c1)O/C(=C\C1=Cc3ccccc3O[C@H]1C)C2=O. The molecule has 0 bridgehead atoms. The molecule has 5 rings (SSSR count). The summed E-state index contributed by atoms with van der Waals surface area (Å²) in [7, 11) is 1.63. The van der Waals surface area contributed by atoms with E-state index in [-0.39, 0.29) is 17.6 Å². The number of carbonyl (C=O) groups excluding carboxylic acids is 1. The van der Waals surface area contributed by atoms with Crippen molar-refractivity contribution in [2.75, 3.05) is 7.11 Å². The summed E-state index contributed by atoms with van der Waals surface area (Å²) in [5.41, 5.74) is 3.32. The molecule has 0 N–H and O–H groups in total. The molecule has 0 saturated heterocycles. The average Bonchev–Trinajstić information content (AvgIpc) is 3.12. The number of methoxy groups -OCH3 is 1. The van der Waals surface area contributed by atoms with Crippen LogP contribution in [0.1, 0.15) is 28.4 Å². The molecule has 0 amide bonds. The maximum Gasteiger partial charge on any atom is 0.231 e. The Morgan fingerprint density at radius 2 is 1.81 bits per heavy atom. The van der Waals surface area contributed by atoms with Crippen LogP contribution in [0.4, 0.5) is 0 Å². The predicted octanol–water partition coefficient (Wildman–Crippen LogP) is 5.60. The Morgan fingerprint density at radius 1 is 1.00 bits per heavy atom. The quantitative estimate of drug-likeness (QED) is 0.497. The topological polar surface area (TPSA) is 54.0 Å². The van der Waals surface area contributed by atoms with Crippen LogP contribution < -0.4 is 18.9 Å². The molecule has 0 fully saturated rings. The average molecular weight is 426 g/mol. The fraction of sp³-hybridized carbons (Fsp3) is 0.148. The Bertz CT molecular complexity index is 1250. The summed E-state index contributed by atoms with van der Waals surface area (Å²) < 4.78 is 23.2. The third-order valence-corrected chi connectivity index (χ3v) is 5.54. The maximum absolute atomic E-state index is 12.9. The summed E-state index contributed by atoms with van der Waals surface area (Å²) in [5, 5.41) is 0. The summed E-state index contributed by atoms with van der Waals surface area (Å²) in [4.78, 5) is 12.9. The second kappa shape index (κ2) is 8.27. The Labute approximate surface area is 186 Å². The number of ether oxygens (including phenoxy) is 4.